The van der Waals surface area contributed by atoms with Crippen LogP contribution in [-0.4, -0.2) is 5.91 Å². The molecule has 0 aromatic heterocycles. The molecule has 1 aliphatic rings. The predicted molar refractivity (Wildman–Crippen MR) is 100 cm³/mol. The highest BCUT2D eigenvalue weighted by atomic mass is 16.1. The van der Waals surface area contributed by atoms with Crippen LogP contribution in [0.25, 0.3) is 0 Å². The molecular weight excluding hydrogens is 298 g/mol. The van der Waals surface area contributed by atoms with Gasteiger partial charge in [-0.05, 0) is 60.6 Å². The third-order valence-electron chi connectivity index (χ3n) is 4.90. The summed E-state index contributed by atoms with van der Waals surface area (Å²) in [5.41, 5.74) is 15.2. The van der Waals surface area contributed by atoms with Crippen LogP contribution in [0.3, 0.4) is 0 Å². The summed E-state index contributed by atoms with van der Waals surface area (Å²) < 4.78 is 0. The fraction of sp³-hybridized carbons (Fsp3) is 0.350. The molecule has 0 atom stereocenters. The van der Waals surface area contributed by atoms with Crippen LogP contribution in [0.15, 0.2) is 42.5 Å². The van der Waals surface area contributed by atoms with Crippen molar-refractivity contribution >= 4 is 23.0 Å². The highest BCUT2D eigenvalue weighted by Gasteiger charge is 2.19. The van der Waals surface area contributed by atoms with Crippen molar-refractivity contribution in [3.8, 4) is 0 Å². The van der Waals surface area contributed by atoms with Crippen molar-refractivity contribution in [1.29, 1.82) is 0 Å². The van der Waals surface area contributed by atoms with Gasteiger partial charge in [0.05, 0.1) is 0 Å². The van der Waals surface area contributed by atoms with Crippen molar-refractivity contribution in [2.75, 3.05) is 16.8 Å². The van der Waals surface area contributed by atoms with E-state index in [9.17, 15) is 4.79 Å². The molecule has 4 nitrogen and oxygen atoms in total. The molecule has 5 N–H and O–H groups in total. The van der Waals surface area contributed by atoms with Gasteiger partial charge in [-0.3, -0.25) is 4.79 Å². The highest BCUT2D eigenvalue weighted by molar-refractivity contribution is 6.04. The second kappa shape index (κ2) is 6.95. The summed E-state index contributed by atoms with van der Waals surface area (Å²) in [5, 5.41) is 2.85. The number of hydrogen-bond acceptors (Lipinski definition) is 3. The normalized spacial score (nSPS) is 20.5. The second-order valence-electron chi connectivity index (χ2n) is 6.92. The smallest absolute Gasteiger partial charge is 0.255 e. The van der Waals surface area contributed by atoms with Crippen molar-refractivity contribution in [2.45, 2.75) is 38.5 Å². The topological polar surface area (TPSA) is 81.1 Å². The molecule has 0 saturated heterocycles. The molecule has 0 aliphatic heterocycles. The van der Waals surface area contributed by atoms with E-state index in [2.05, 4.69) is 24.4 Å². The number of carbonyl (C=O) groups excluding carboxylic acids is 1. The molecule has 0 unspecified atom stereocenters. The van der Waals surface area contributed by atoms with E-state index < -0.39 is 0 Å². The summed E-state index contributed by atoms with van der Waals surface area (Å²) in [6.45, 7) is 2.33. The van der Waals surface area contributed by atoms with Crippen LogP contribution in [0.2, 0.25) is 0 Å². The van der Waals surface area contributed by atoms with Gasteiger partial charge in [-0.25, -0.2) is 0 Å². The first kappa shape index (κ1) is 16.4. The number of amides is 1. The fourth-order valence-corrected chi connectivity index (χ4v) is 3.45. The zero-order valence-corrected chi connectivity index (χ0v) is 14.1. The maximum absolute atomic E-state index is 12.4. The Bertz CT molecular complexity index is 696. The Hall–Kier alpha value is -2.49. The van der Waals surface area contributed by atoms with Crippen LogP contribution in [-0.2, 0) is 0 Å². The summed E-state index contributed by atoms with van der Waals surface area (Å²) in [6, 6.07) is 13.0. The molecule has 3 rings (SSSR count). The molecule has 126 valence electrons. The van der Waals surface area contributed by atoms with E-state index in [1.54, 1.807) is 18.2 Å². The molecular formula is C20H25N3O. The van der Waals surface area contributed by atoms with Crippen LogP contribution >= 0.6 is 0 Å². The van der Waals surface area contributed by atoms with Crippen LogP contribution in [0.5, 0.6) is 0 Å². The average Bonchev–Trinajstić information content (AvgIpc) is 2.55. The van der Waals surface area contributed by atoms with Gasteiger partial charge in [0.15, 0.2) is 0 Å². The number of nitrogen functional groups attached to an aromatic ring is 2. The molecule has 1 saturated carbocycles. The lowest BCUT2D eigenvalue weighted by Crippen LogP contribution is -2.13. The monoisotopic (exact) mass is 323 g/mol. The number of carbonyl (C=O) groups is 1. The average molecular weight is 323 g/mol. The summed E-state index contributed by atoms with van der Waals surface area (Å²) >= 11 is 0. The van der Waals surface area contributed by atoms with E-state index in [1.807, 2.05) is 12.1 Å². The van der Waals surface area contributed by atoms with Crippen LogP contribution < -0.4 is 16.8 Å². The largest absolute Gasteiger partial charge is 0.399 e. The van der Waals surface area contributed by atoms with Gasteiger partial charge in [0.25, 0.3) is 5.91 Å². The lowest BCUT2D eigenvalue weighted by Gasteiger charge is -2.26. The lowest BCUT2D eigenvalue weighted by molar-refractivity contribution is 0.102. The minimum atomic E-state index is -0.149. The number of anilines is 3. The van der Waals surface area contributed by atoms with Gasteiger partial charge in [-0.1, -0.05) is 31.9 Å². The zero-order valence-electron chi connectivity index (χ0n) is 14.1. The zero-order chi connectivity index (χ0) is 17.1. The molecule has 0 heterocycles. The molecule has 2 aromatic rings. The van der Waals surface area contributed by atoms with Crippen LogP contribution in [0.4, 0.5) is 17.1 Å². The SMILES string of the molecule is CC1CCC(c2ccc(C(=O)Nc3cc(N)cc(N)c3)cc2)CC1. The van der Waals surface area contributed by atoms with E-state index in [4.69, 9.17) is 11.5 Å². The molecule has 4 heteroatoms. The van der Waals surface area contributed by atoms with Crippen molar-refractivity contribution in [3.05, 3.63) is 53.6 Å². The van der Waals surface area contributed by atoms with Gasteiger partial charge in [0.2, 0.25) is 0 Å². The van der Waals surface area contributed by atoms with E-state index >= 15 is 0 Å². The van der Waals surface area contributed by atoms with Crippen molar-refractivity contribution < 1.29 is 4.79 Å². The number of nitrogens with two attached hydrogens (primary N) is 2. The van der Waals surface area contributed by atoms with E-state index in [0.717, 1.165) is 5.92 Å². The Morgan fingerprint density at radius 2 is 1.54 bits per heavy atom. The summed E-state index contributed by atoms with van der Waals surface area (Å²) in [6.07, 6.45) is 5.08. The van der Waals surface area contributed by atoms with Crippen molar-refractivity contribution in [2.24, 2.45) is 5.92 Å². The Morgan fingerprint density at radius 3 is 2.12 bits per heavy atom. The number of benzene rings is 2. The van der Waals surface area contributed by atoms with Gasteiger partial charge in [0, 0.05) is 22.6 Å². The fourth-order valence-electron chi connectivity index (χ4n) is 3.45. The van der Waals surface area contributed by atoms with E-state index in [0.29, 0.717) is 28.5 Å². The van der Waals surface area contributed by atoms with Gasteiger partial charge in [-0.15, -0.1) is 0 Å². The molecule has 2 aromatic carbocycles. The summed E-state index contributed by atoms with van der Waals surface area (Å²) in [4.78, 5) is 12.4. The third kappa shape index (κ3) is 3.88. The summed E-state index contributed by atoms with van der Waals surface area (Å²) in [5.74, 6) is 1.33. The van der Waals surface area contributed by atoms with Gasteiger partial charge < -0.3 is 16.8 Å². The quantitative estimate of drug-likeness (QED) is 0.732. The highest BCUT2D eigenvalue weighted by Crippen LogP contribution is 2.35. The molecule has 1 fully saturated rings. The Morgan fingerprint density at radius 1 is 0.958 bits per heavy atom. The molecule has 24 heavy (non-hydrogen) atoms. The second-order valence-corrected chi connectivity index (χ2v) is 6.92. The maximum atomic E-state index is 12.4. The Labute approximate surface area is 143 Å². The molecule has 0 bridgehead atoms. The van der Waals surface area contributed by atoms with Gasteiger partial charge in [0.1, 0.15) is 0 Å². The van der Waals surface area contributed by atoms with Crippen LogP contribution in [0, 0.1) is 5.92 Å². The molecule has 0 radical (unpaired) electrons. The molecule has 1 aliphatic carbocycles. The standard InChI is InChI=1S/C20H25N3O/c1-13-2-4-14(5-3-13)15-6-8-16(9-7-15)20(24)23-19-11-17(21)10-18(22)12-19/h6-14H,2-5,21-22H2,1H3,(H,23,24). The number of hydrogen-bond donors (Lipinski definition) is 3. The van der Waals surface area contributed by atoms with Gasteiger partial charge >= 0.3 is 0 Å². The van der Waals surface area contributed by atoms with Crippen molar-refractivity contribution in [1.82, 2.24) is 0 Å². The third-order valence-corrected chi connectivity index (χ3v) is 4.90. The Kier molecular flexibility index (Phi) is 4.74. The Balaban J connectivity index is 1.67. The first-order chi connectivity index (χ1) is 11.5. The number of rotatable bonds is 3. The summed E-state index contributed by atoms with van der Waals surface area (Å²) in [7, 11) is 0. The van der Waals surface area contributed by atoms with Crippen molar-refractivity contribution in [3.63, 3.8) is 0 Å². The maximum Gasteiger partial charge on any atom is 0.255 e. The molecule has 0 spiro atoms. The predicted octanol–water partition coefficient (Wildman–Crippen LogP) is 4.40. The minimum absolute atomic E-state index is 0.149. The first-order valence-corrected chi connectivity index (χ1v) is 8.58. The minimum Gasteiger partial charge on any atom is -0.399 e. The van der Waals surface area contributed by atoms with Crippen LogP contribution in [0.1, 0.15) is 54.4 Å². The molecule has 1 amide bonds. The first-order valence-electron chi connectivity index (χ1n) is 8.58. The van der Waals surface area contributed by atoms with Gasteiger partial charge in [-0.2, -0.15) is 0 Å². The van der Waals surface area contributed by atoms with E-state index in [1.165, 1.54) is 31.2 Å². The van der Waals surface area contributed by atoms with E-state index in [-0.39, 0.29) is 5.91 Å². The lowest BCUT2D eigenvalue weighted by atomic mass is 9.79. The number of nitrogens with one attached hydrogen (secondary N) is 1.